The first-order valence-corrected chi connectivity index (χ1v) is 24.2. The van der Waals surface area contributed by atoms with Gasteiger partial charge in [-0.3, -0.25) is 19.2 Å². The van der Waals surface area contributed by atoms with Crippen molar-refractivity contribution in [2.24, 2.45) is 0 Å². The van der Waals surface area contributed by atoms with Gasteiger partial charge in [-0.05, 0) is 43.9 Å². The molecule has 71 heavy (non-hydrogen) atoms. The fourth-order valence-electron chi connectivity index (χ4n) is 7.46. The number of nitrogens with zero attached hydrogens (tertiary/aromatic N) is 7. The third kappa shape index (κ3) is 15.2. The highest BCUT2D eigenvalue weighted by Crippen LogP contribution is 2.29. The van der Waals surface area contributed by atoms with Crippen molar-refractivity contribution in [2.75, 3.05) is 84.4 Å². The van der Waals surface area contributed by atoms with Crippen LogP contribution >= 0.6 is 11.3 Å². The number of likely N-dealkylation sites (tertiary alicyclic amines) is 1. The third-order valence-corrected chi connectivity index (χ3v) is 12.5. The van der Waals surface area contributed by atoms with E-state index in [4.69, 9.17) is 23.7 Å². The second-order valence-corrected chi connectivity index (χ2v) is 17.8. The van der Waals surface area contributed by atoms with Gasteiger partial charge < -0.3 is 55.0 Å². The van der Waals surface area contributed by atoms with Gasteiger partial charge in [0.05, 0.1) is 117 Å². The molecule has 1 aliphatic heterocycles. The van der Waals surface area contributed by atoms with Crippen LogP contribution in [0.25, 0.3) is 27.3 Å². The smallest absolute Gasteiger partial charge is 0.255 e. The number of carbonyl (C=O) groups excluding carboxylic acids is 4. The normalized spacial score (nSPS) is 16.4. The average Bonchev–Trinajstić information content (AvgIpc) is 3.70. The molecule has 0 spiro atoms. The molecule has 4 atom stereocenters. The van der Waals surface area contributed by atoms with Crippen LogP contribution in [0.15, 0.2) is 60.5 Å². The lowest BCUT2D eigenvalue weighted by Crippen LogP contribution is -2.49. The molecule has 0 bridgehead atoms. The number of thiazole rings is 1. The number of hydrogen-bond donors (Lipinski definition) is 5. The van der Waals surface area contributed by atoms with Crippen LogP contribution in [0.1, 0.15) is 53.4 Å². The van der Waals surface area contributed by atoms with Crippen LogP contribution < -0.4 is 21.3 Å². The van der Waals surface area contributed by atoms with Crippen molar-refractivity contribution in [3.8, 4) is 22.3 Å². The summed E-state index contributed by atoms with van der Waals surface area (Å²) >= 11 is 1.56. The minimum absolute atomic E-state index is 0.0144. The van der Waals surface area contributed by atoms with E-state index < -0.39 is 42.1 Å². The Morgan fingerprint density at radius 1 is 0.915 bits per heavy atom. The van der Waals surface area contributed by atoms with Gasteiger partial charge in [-0.25, -0.2) is 19.3 Å². The number of ether oxygens (including phenoxy) is 5. The number of anilines is 1. The lowest BCUT2D eigenvalue weighted by molar-refractivity contribution is -0.139. The number of benzene rings is 1. The lowest BCUT2D eigenvalue weighted by Gasteiger charge is -2.24. The van der Waals surface area contributed by atoms with Crippen LogP contribution in [-0.2, 0) is 44.6 Å². The summed E-state index contributed by atoms with van der Waals surface area (Å²) in [5.74, 6) is -1.46. The molecular formula is C48H58FN11O10S. The van der Waals surface area contributed by atoms with Crippen LogP contribution in [0.3, 0.4) is 0 Å². The molecule has 1 saturated heterocycles. The number of halogens is 1. The Morgan fingerprint density at radius 3 is 2.32 bits per heavy atom. The van der Waals surface area contributed by atoms with Gasteiger partial charge in [0, 0.05) is 49.4 Å². The van der Waals surface area contributed by atoms with Crippen molar-refractivity contribution in [3.05, 3.63) is 82.9 Å². The van der Waals surface area contributed by atoms with Crippen molar-refractivity contribution in [1.82, 2.24) is 45.6 Å². The molecule has 23 heteroatoms. The molecule has 5 aromatic rings. The molecule has 1 aromatic carbocycles. The second kappa shape index (κ2) is 26.1. The van der Waals surface area contributed by atoms with Crippen molar-refractivity contribution in [2.45, 2.75) is 70.1 Å². The Balaban J connectivity index is 0.678. The summed E-state index contributed by atoms with van der Waals surface area (Å²) in [6.45, 7) is 4.68. The number of carbonyl (C=O) groups is 4. The minimum atomic E-state index is -1.49. The van der Waals surface area contributed by atoms with Gasteiger partial charge in [0.15, 0.2) is 11.5 Å². The Kier molecular flexibility index (Phi) is 19.2. The molecule has 2 fully saturated rings. The number of fused-ring (bicyclic) bond motifs is 1. The zero-order valence-corrected chi connectivity index (χ0v) is 40.3. The maximum absolute atomic E-state index is 15.0. The highest BCUT2D eigenvalue weighted by Gasteiger charge is 2.38. The lowest BCUT2D eigenvalue weighted by atomic mass is 10.1. The zero-order valence-electron chi connectivity index (χ0n) is 39.5. The van der Waals surface area contributed by atoms with E-state index in [1.807, 2.05) is 31.2 Å². The van der Waals surface area contributed by atoms with Crippen LogP contribution in [0, 0.1) is 18.3 Å². The molecule has 4 aromatic heterocycles. The third-order valence-electron chi connectivity index (χ3n) is 11.5. The fraction of sp³-hybridized carbons (Fsp3) is 0.479. The number of aliphatic hydroxyl groups excluding tert-OH is 1. The number of rotatable bonds is 28. The van der Waals surface area contributed by atoms with E-state index in [0.717, 1.165) is 34.5 Å². The predicted octanol–water partition coefficient (Wildman–Crippen LogP) is 2.63. The van der Waals surface area contributed by atoms with Crippen molar-refractivity contribution in [1.29, 1.82) is 5.26 Å². The summed E-state index contributed by atoms with van der Waals surface area (Å²) in [6, 6.07) is 12.6. The van der Waals surface area contributed by atoms with Crippen LogP contribution in [0.5, 0.6) is 0 Å². The quantitative estimate of drug-likeness (QED) is 0.0451. The van der Waals surface area contributed by atoms with Gasteiger partial charge in [-0.15, -0.1) is 11.3 Å². The van der Waals surface area contributed by atoms with Gasteiger partial charge >= 0.3 is 0 Å². The van der Waals surface area contributed by atoms with Gasteiger partial charge in [-0.1, -0.05) is 24.3 Å². The van der Waals surface area contributed by atoms with E-state index in [1.165, 1.54) is 22.0 Å². The summed E-state index contributed by atoms with van der Waals surface area (Å²) < 4.78 is 44.0. The maximum atomic E-state index is 15.0. The first-order chi connectivity index (χ1) is 34.5. The van der Waals surface area contributed by atoms with Crippen molar-refractivity contribution in [3.63, 3.8) is 0 Å². The summed E-state index contributed by atoms with van der Waals surface area (Å²) in [7, 11) is 0. The molecular weight excluding hydrogens is 942 g/mol. The number of aryl methyl sites for hydroxylation is 1. The van der Waals surface area contributed by atoms with E-state index in [0.29, 0.717) is 41.3 Å². The summed E-state index contributed by atoms with van der Waals surface area (Å²) in [6.07, 6.45) is 3.32. The second-order valence-electron chi connectivity index (χ2n) is 16.9. The van der Waals surface area contributed by atoms with Gasteiger partial charge in [0.1, 0.15) is 24.9 Å². The SMILES string of the molecule is Cc1ncsc1-c1ccc(CNC(=O)C2C[C@@H](O)CN2C(=O)CNC(=O)COCCOCCOCCOCCOC(C)C(F)CNC(=O)c2cnc(-n3ncc4cc(C#N)cnc43)cc2NC2CC2)cc1. The predicted molar refractivity (Wildman–Crippen MR) is 257 cm³/mol. The Morgan fingerprint density at radius 2 is 1.63 bits per heavy atom. The Bertz CT molecular complexity index is 2620. The fourth-order valence-corrected chi connectivity index (χ4v) is 8.27. The molecule has 2 aliphatic rings. The number of β-amino-alcohol motifs (C(OH)–C–C–N with tert-alkyl or cyclic N) is 1. The van der Waals surface area contributed by atoms with Crippen molar-refractivity contribution >= 4 is 51.7 Å². The molecule has 7 rings (SSSR count). The van der Waals surface area contributed by atoms with E-state index in [1.54, 1.807) is 42.1 Å². The number of aromatic nitrogens is 5. The molecule has 1 saturated carbocycles. The van der Waals surface area contributed by atoms with E-state index in [-0.39, 0.29) is 96.4 Å². The Labute approximate surface area is 413 Å². The minimum Gasteiger partial charge on any atom is -0.391 e. The molecule has 21 nitrogen and oxygen atoms in total. The van der Waals surface area contributed by atoms with E-state index in [2.05, 4.69) is 47.4 Å². The van der Waals surface area contributed by atoms with Gasteiger partial charge in [0.25, 0.3) is 5.91 Å². The number of alkyl halides is 1. The number of nitrogens with one attached hydrogen (secondary N) is 4. The Hall–Kier alpha value is -6.52. The number of amides is 4. The number of pyridine rings is 2. The maximum Gasteiger partial charge on any atom is 0.255 e. The number of aliphatic hydroxyl groups is 1. The van der Waals surface area contributed by atoms with Crippen molar-refractivity contribution < 1.29 is 52.4 Å². The highest BCUT2D eigenvalue weighted by atomic mass is 32.1. The van der Waals surface area contributed by atoms with Gasteiger partial charge in [0.2, 0.25) is 17.7 Å². The first kappa shape index (κ1) is 52.3. The standard InChI is InChI=1S/C48H58FN11O10S/c1-30-45(71-29-56-30)34-5-3-32(4-6-34)21-54-48(65)41-18-37(61)27-59(41)44(63)26-52-43(62)28-69-14-13-67-10-9-66-11-12-68-15-16-70-31(2)39(49)25-55-47(64)38-24-51-42(19-40(38)58-36-7-8-36)60-46-35(23-57-60)17-33(20-50)22-53-46/h3-6,17,19,22-24,29,31,36-37,39,41,61H,7-16,18,21,25-28H2,1-2H3,(H,51,58)(H,52,62)(H,54,65)(H,55,64)/t31?,37-,39?,41?/m1/s1. The van der Waals surface area contributed by atoms with Crippen LogP contribution in [0.4, 0.5) is 10.1 Å². The van der Waals surface area contributed by atoms with E-state index in [9.17, 15) is 29.5 Å². The average molecular weight is 1000 g/mol. The molecule has 0 radical (unpaired) electrons. The highest BCUT2D eigenvalue weighted by molar-refractivity contribution is 7.13. The number of hydrogen-bond acceptors (Lipinski definition) is 17. The molecule has 5 N–H and O–H groups in total. The summed E-state index contributed by atoms with van der Waals surface area (Å²) in [5, 5.41) is 35.8. The molecule has 4 amide bonds. The largest absolute Gasteiger partial charge is 0.391 e. The van der Waals surface area contributed by atoms with E-state index >= 15 is 4.39 Å². The summed E-state index contributed by atoms with van der Waals surface area (Å²) in [5.41, 5.74) is 6.39. The van der Waals surface area contributed by atoms with Crippen LogP contribution in [-0.4, -0.2) is 168 Å². The topological polar surface area (TPSA) is 266 Å². The first-order valence-electron chi connectivity index (χ1n) is 23.3. The molecule has 378 valence electrons. The summed E-state index contributed by atoms with van der Waals surface area (Å²) in [4.78, 5) is 67.0. The zero-order chi connectivity index (χ0) is 50.1. The van der Waals surface area contributed by atoms with Crippen LogP contribution in [0.2, 0.25) is 0 Å². The molecule has 1 aliphatic carbocycles. The molecule has 3 unspecified atom stereocenters. The monoisotopic (exact) mass is 999 g/mol. The molecule has 5 heterocycles. The van der Waals surface area contributed by atoms with Gasteiger partial charge in [-0.2, -0.15) is 15.0 Å². The number of nitriles is 1.